The maximum absolute atomic E-state index is 12.8. The van der Waals surface area contributed by atoms with Gasteiger partial charge in [-0.1, -0.05) is 20.4 Å². The van der Waals surface area contributed by atoms with Crippen molar-refractivity contribution in [1.82, 2.24) is 10.7 Å². The number of ether oxygens (including phenoxy) is 1. The standard InChI is InChI=1S/C21H28N4O3.C2H6/c1-4-18(20-22-11-12-28-20)25(3,27)24-21(26)23-19-16-9-5-7-14(16)13(2)15-8-6-10-17(15)19;1-2/h4,22,27H,1,5-12H2,2-3H3,(H-,23,24,26);1-2H3/p+1/b20-18-;. The summed E-state index contributed by atoms with van der Waals surface area (Å²) in [6.07, 6.45) is 7.86. The molecule has 0 bridgehead atoms. The molecule has 4 rings (SSSR count). The number of hydroxylamine groups is 2. The molecule has 1 unspecified atom stereocenters. The van der Waals surface area contributed by atoms with Crippen molar-refractivity contribution in [2.75, 3.05) is 25.5 Å². The van der Waals surface area contributed by atoms with Gasteiger partial charge in [0.05, 0.1) is 6.54 Å². The lowest BCUT2D eigenvalue weighted by molar-refractivity contribution is -1.08. The lowest BCUT2D eigenvalue weighted by atomic mass is 9.93. The summed E-state index contributed by atoms with van der Waals surface area (Å²) in [6.45, 7) is 11.1. The van der Waals surface area contributed by atoms with Gasteiger partial charge in [0.15, 0.2) is 0 Å². The number of nitrogens with zero attached hydrogens (tertiary/aromatic N) is 1. The molecule has 4 N–H and O–H groups in total. The van der Waals surface area contributed by atoms with E-state index in [0.717, 1.165) is 44.2 Å². The number of nitrogens with one attached hydrogen (secondary N) is 3. The fourth-order valence-corrected chi connectivity index (χ4v) is 4.78. The predicted octanol–water partition coefficient (Wildman–Crippen LogP) is 3.85. The maximum Gasteiger partial charge on any atom is 0.366 e. The summed E-state index contributed by atoms with van der Waals surface area (Å²) in [4.78, 5) is 12.8. The van der Waals surface area contributed by atoms with E-state index in [0.29, 0.717) is 24.7 Å². The number of likely N-dealkylation sites (N-methyl/N-ethyl adjacent to an activating group) is 1. The molecule has 7 nitrogen and oxygen atoms in total. The monoisotopic (exact) mass is 415 g/mol. The lowest BCUT2D eigenvalue weighted by Gasteiger charge is -2.26. The molecule has 0 radical (unpaired) electrons. The van der Waals surface area contributed by atoms with E-state index in [1.54, 1.807) is 0 Å². The number of urea groups is 1. The quantitative estimate of drug-likeness (QED) is 0.445. The van der Waals surface area contributed by atoms with E-state index >= 15 is 0 Å². The van der Waals surface area contributed by atoms with E-state index in [1.165, 1.54) is 40.9 Å². The topological polar surface area (TPSA) is 82.6 Å². The molecule has 2 aliphatic carbocycles. The van der Waals surface area contributed by atoms with Gasteiger partial charge in [0, 0.05) is 11.8 Å². The molecule has 0 aromatic heterocycles. The molecule has 1 heterocycles. The average Bonchev–Trinajstić information content (AvgIpc) is 3.48. The second-order valence-electron chi connectivity index (χ2n) is 7.84. The highest BCUT2D eigenvalue weighted by Crippen LogP contribution is 2.41. The summed E-state index contributed by atoms with van der Waals surface area (Å²) >= 11 is 0. The molecule has 1 aromatic rings. The number of amides is 2. The third-order valence-electron chi connectivity index (χ3n) is 6.03. The molecule has 3 aliphatic rings. The first kappa shape index (κ1) is 22.2. The van der Waals surface area contributed by atoms with Gasteiger partial charge < -0.3 is 15.4 Å². The summed E-state index contributed by atoms with van der Waals surface area (Å²) in [7, 11) is 1.47. The van der Waals surface area contributed by atoms with Crippen LogP contribution in [0.2, 0.25) is 0 Å². The molecule has 1 aliphatic heterocycles. The van der Waals surface area contributed by atoms with Crippen LogP contribution in [0.3, 0.4) is 0 Å². The van der Waals surface area contributed by atoms with Gasteiger partial charge in [-0.2, -0.15) is 5.21 Å². The molecular weight excluding hydrogens is 380 g/mol. The summed E-state index contributed by atoms with van der Waals surface area (Å²) < 4.78 is 4.62. The molecular formula is C23H35N4O3+. The minimum atomic E-state index is -0.853. The summed E-state index contributed by atoms with van der Waals surface area (Å²) in [5, 5.41) is 16.9. The highest BCUT2D eigenvalue weighted by molar-refractivity contribution is 5.91. The first-order valence-corrected chi connectivity index (χ1v) is 11.0. The van der Waals surface area contributed by atoms with Crippen molar-refractivity contribution < 1.29 is 19.5 Å². The number of benzene rings is 1. The first-order valence-electron chi connectivity index (χ1n) is 11.0. The molecule has 1 saturated heterocycles. The molecule has 0 spiro atoms. The third kappa shape index (κ3) is 4.04. The number of quaternary nitrogens is 1. The van der Waals surface area contributed by atoms with Crippen LogP contribution in [0.1, 0.15) is 54.5 Å². The van der Waals surface area contributed by atoms with Crippen LogP contribution in [0.25, 0.3) is 0 Å². The van der Waals surface area contributed by atoms with E-state index in [-0.39, 0.29) is 0 Å². The fourth-order valence-electron chi connectivity index (χ4n) is 4.78. The van der Waals surface area contributed by atoms with Crippen LogP contribution < -0.4 is 16.1 Å². The van der Waals surface area contributed by atoms with Crippen molar-refractivity contribution in [3.63, 3.8) is 0 Å². The zero-order valence-corrected chi connectivity index (χ0v) is 18.7. The number of fused-ring (bicyclic) bond motifs is 2. The summed E-state index contributed by atoms with van der Waals surface area (Å²) in [5.74, 6) is 0.428. The Balaban J connectivity index is 0.00000124. The van der Waals surface area contributed by atoms with Crippen molar-refractivity contribution in [1.29, 1.82) is 0 Å². The van der Waals surface area contributed by atoms with Gasteiger partial charge >= 0.3 is 6.03 Å². The SMILES string of the molecule is C=C/C(=C1\NCCO1)[N+](C)(O)NC(=O)Nc1c2c(c(C)c3c1CCC3)CCC2.CC. The normalized spacial score (nSPS) is 19.9. The Morgan fingerprint density at radius 3 is 2.20 bits per heavy atom. The largest absolute Gasteiger partial charge is 0.473 e. The Bertz CT molecular complexity index is 831. The van der Waals surface area contributed by atoms with Crippen molar-refractivity contribution in [2.45, 2.75) is 59.3 Å². The van der Waals surface area contributed by atoms with Gasteiger partial charge in [-0.25, -0.2) is 4.79 Å². The fraction of sp³-hybridized carbons (Fsp3) is 0.522. The summed E-state index contributed by atoms with van der Waals surface area (Å²) in [5.41, 5.74) is 10.7. The van der Waals surface area contributed by atoms with Crippen LogP contribution in [0, 0.1) is 6.92 Å². The Labute approximate surface area is 179 Å². The first-order chi connectivity index (χ1) is 14.4. The molecule has 1 atom stereocenters. The Morgan fingerprint density at radius 2 is 1.70 bits per heavy atom. The average molecular weight is 416 g/mol. The maximum atomic E-state index is 12.8. The highest BCUT2D eigenvalue weighted by atomic mass is 16.6. The molecule has 1 fully saturated rings. The number of anilines is 1. The zero-order valence-electron chi connectivity index (χ0n) is 18.7. The molecule has 164 valence electrons. The van der Waals surface area contributed by atoms with Crippen LogP contribution in [-0.2, 0) is 30.4 Å². The van der Waals surface area contributed by atoms with Crippen LogP contribution >= 0.6 is 0 Å². The number of hydrogen-bond acceptors (Lipinski definition) is 4. The second kappa shape index (κ2) is 9.10. The van der Waals surface area contributed by atoms with Crippen LogP contribution in [-0.4, -0.2) is 36.2 Å². The van der Waals surface area contributed by atoms with Crippen molar-refractivity contribution in [2.24, 2.45) is 0 Å². The van der Waals surface area contributed by atoms with Crippen molar-refractivity contribution in [3.05, 3.63) is 52.1 Å². The van der Waals surface area contributed by atoms with Gasteiger partial charge in [-0.05, 0) is 78.0 Å². The lowest BCUT2D eigenvalue weighted by Crippen LogP contribution is -2.55. The van der Waals surface area contributed by atoms with E-state index in [1.807, 2.05) is 13.8 Å². The van der Waals surface area contributed by atoms with Crippen LogP contribution in [0.4, 0.5) is 10.5 Å². The number of rotatable bonds is 4. The minimum Gasteiger partial charge on any atom is -0.473 e. The van der Waals surface area contributed by atoms with Gasteiger partial charge in [0.2, 0.25) is 5.70 Å². The van der Waals surface area contributed by atoms with E-state index in [2.05, 4.69) is 29.6 Å². The van der Waals surface area contributed by atoms with E-state index < -0.39 is 10.8 Å². The zero-order chi connectivity index (χ0) is 21.9. The second-order valence-corrected chi connectivity index (χ2v) is 7.84. The highest BCUT2D eigenvalue weighted by Gasteiger charge is 2.34. The number of carbonyl (C=O) groups is 1. The minimum absolute atomic E-state index is 0.354. The summed E-state index contributed by atoms with van der Waals surface area (Å²) in [6, 6.07) is -0.449. The Kier molecular flexibility index (Phi) is 6.73. The van der Waals surface area contributed by atoms with Crippen LogP contribution in [0.5, 0.6) is 0 Å². The molecule has 7 heteroatoms. The van der Waals surface area contributed by atoms with Crippen molar-refractivity contribution in [3.8, 4) is 0 Å². The van der Waals surface area contributed by atoms with Gasteiger partial charge in [0.1, 0.15) is 13.7 Å². The van der Waals surface area contributed by atoms with Gasteiger partial charge in [-0.15, -0.1) is 5.43 Å². The van der Waals surface area contributed by atoms with E-state index in [4.69, 9.17) is 4.74 Å². The van der Waals surface area contributed by atoms with Crippen LogP contribution in [0.15, 0.2) is 24.2 Å². The molecule has 1 aromatic carbocycles. The Morgan fingerprint density at radius 1 is 1.13 bits per heavy atom. The number of allylic oxidation sites excluding steroid dienone is 1. The van der Waals surface area contributed by atoms with E-state index in [9.17, 15) is 10.0 Å². The Hall–Kier alpha value is -2.51. The number of carbonyl (C=O) groups excluding carboxylic acids is 1. The molecule has 0 saturated carbocycles. The van der Waals surface area contributed by atoms with Gasteiger partial charge in [-0.3, -0.25) is 0 Å². The predicted molar refractivity (Wildman–Crippen MR) is 118 cm³/mol. The molecule has 2 amide bonds. The van der Waals surface area contributed by atoms with Gasteiger partial charge in [0.25, 0.3) is 5.88 Å². The number of hydrogen-bond donors (Lipinski definition) is 4. The third-order valence-corrected chi connectivity index (χ3v) is 6.03. The molecule has 30 heavy (non-hydrogen) atoms. The van der Waals surface area contributed by atoms with Crippen molar-refractivity contribution >= 4 is 11.7 Å². The smallest absolute Gasteiger partial charge is 0.366 e.